The maximum absolute atomic E-state index is 12.1. The van der Waals surface area contributed by atoms with E-state index in [1.165, 1.54) is 11.1 Å². The summed E-state index contributed by atoms with van der Waals surface area (Å²) in [5.74, 6) is -0.164. The number of carbonyl (C=O) groups is 1. The molecule has 0 aliphatic carbocycles. The van der Waals surface area contributed by atoms with E-state index in [9.17, 15) is 4.79 Å². The molecule has 0 saturated heterocycles. The van der Waals surface area contributed by atoms with Crippen LogP contribution in [0, 0.1) is 0 Å². The summed E-state index contributed by atoms with van der Waals surface area (Å²) in [7, 11) is 1.65. The van der Waals surface area contributed by atoms with Crippen molar-refractivity contribution in [3.63, 3.8) is 0 Å². The van der Waals surface area contributed by atoms with Gasteiger partial charge in [-0.2, -0.15) is 0 Å². The lowest BCUT2D eigenvalue weighted by Crippen LogP contribution is -2.29. The molecule has 0 aliphatic heterocycles. The van der Waals surface area contributed by atoms with E-state index in [4.69, 9.17) is 16.7 Å². The standard InChI is InChI=1S/C15H15ClN2O2/c1-18(6-7-19)15(20)13-8-12(9-17-10-13)11-2-4-14(16)5-3-11/h2-5,8-10,19H,6-7H2,1H3. The molecule has 4 nitrogen and oxygen atoms in total. The highest BCUT2D eigenvalue weighted by atomic mass is 35.5. The zero-order valence-corrected chi connectivity index (χ0v) is 11.8. The number of benzene rings is 1. The van der Waals surface area contributed by atoms with Crippen LogP contribution in [0.4, 0.5) is 0 Å². The van der Waals surface area contributed by atoms with Gasteiger partial charge in [0.05, 0.1) is 12.2 Å². The molecule has 0 bridgehead atoms. The minimum atomic E-state index is -0.164. The summed E-state index contributed by atoms with van der Waals surface area (Å²) in [4.78, 5) is 17.7. The average Bonchev–Trinajstić information content (AvgIpc) is 2.47. The number of rotatable bonds is 4. The lowest BCUT2D eigenvalue weighted by atomic mass is 10.1. The second kappa shape index (κ2) is 6.50. The highest BCUT2D eigenvalue weighted by molar-refractivity contribution is 6.30. The molecule has 104 valence electrons. The third-order valence-electron chi connectivity index (χ3n) is 2.94. The van der Waals surface area contributed by atoms with Gasteiger partial charge in [-0.05, 0) is 23.8 Å². The molecule has 0 spiro atoms. The Morgan fingerprint density at radius 3 is 2.60 bits per heavy atom. The van der Waals surface area contributed by atoms with E-state index in [2.05, 4.69) is 4.98 Å². The number of amides is 1. The highest BCUT2D eigenvalue weighted by Gasteiger charge is 2.12. The topological polar surface area (TPSA) is 53.4 Å². The van der Waals surface area contributed by atoms with Crippen LogP contribution in [-0.2, 0) is 0 Å². The summed E-state index contributed by atoms with van der Waals surface area (Å²) in [6.07, 6.45) is 3.22. The van der Waals surface area contributed by atoms with Crippen LogP contribution in [0.1, 0.15) is 10.4 Å². The minimum absolute atomic E-state index is 0.0630. The fourth-order valence-electron chi connectivity index (χ4n) is 1.83. The molecule has 0 saturated carbocycles. The average molecular weight is 291 g/mol. The van der Waals surface area contributed by atoms with Gasteiger partial charge < -0.3 is 10.0 Å². The molecule has 0 fully saturated rings. The van der Waals surface area contributed by atoms with Gasteiger partial charge in [0, 0.05) is 36.6 Å². The number of aromatic nitrogens is 1. The number of carbonyl (C=O) groups excluding carboxylic acids is 1. The van der Waals surface area contributed by atoms with Gasteiger partial charge in [0.1, 0.15) is 0 Å². The maximum atomic E-state index is 12.1. The van der Waals surface area contributed by atoms with Gasteiger partial charge in [-0.15, -0.1) is 0 Å². The third kappa shape index (κ3) is 3.35. The second-order valence-corrected chi connectivity index (χ2v) is 4.86. The van der Waals surface area contributed by atoms with Crippen molar-refractivity contribution in [2.45, 2.75) is 0 Å². The van der Waals surface area contributed by atoms with Crippen molar-refractivity contribution >= 4 is 17.5 Å². The number of halogens is 1. The first-order valence-corrected chi connectivity index (χ1v) is 6.57. The Balaban J connectivity index is 2.28. The van der Waals surface area contributed by atoms with Gasteiger partial charge in [-0.3, -0.25) is 9.78 Å². The Kier molecular flexibility index (Phi) is 4.71. The molecule has 2 rings (SSSR count). The molecule has 20 heavy (non-hydrogen) atoms. The number of nitrogens with zero attached hydrogens (tertiary/aromatic N) is 2. The molecular weight excluding hydrogens is 276 g/mol. The number of hydrogen-bond donors (Lipinski definition) is 1. The van der Waals surface area contributed by atoms with Crippen molar-refractivity contribution in [2.24, 2.45) is 0 Å². The fourth-order valence-corrected chi connectivity index (χ4v) is 1.96. The maximum Gasteiger partial charge on any atom is 0.255 e. The second-order valence-electron chi connectivity index (χ2n) is 4.42. The van der Waals surface area contributed by atoms with Crippen LogP contribution in [-0.4, -0.2) is 41.1 Å². The van der Waals surface area contributed by atoms with E-state index in [1.54, 1.807) is 31.4 Å². The van der Waals surface area contributed by atoms with Crippen molar-refractivity contribution in [3.8, 4) is 11.1 Å². The summed E-state index contributed by atoms with van der Waals surface area (Å²) >= 11 is 5.86. The van der Waals surface area contributed by atoms with Crippen molar-refractivity contribution in [1.82, 2.24) is 9.88 Å². The first-order valence-electron chi connectivity index (χ1n) is 6.19. The highest BCUT2D eigenvalue weighted by Crippen LogP contribution is 2.21. The van der Waals surface area contributed by atoms with E-state index in [0.717, 1.165) is 11.1 Å². The molecule has 0 aliphatic rings. The molecule has 0 unspecified atom stereocenters. The summed E-state index contributed by atoms with van der Waals surface area (Å²) in [6, 6.07) is 9.13. The molecule has 2 aromatic rings. The van der Waals surface area contributed by atoms with Crippen molar-refractivity contribution < 1.29 is 9.90 Å². The Hall–Kier alpha value is -1.91. The van der Waals surface area contributed by atoms with Crippen LogP contribution in [0.5, 0.6) is 0 Å². The van der Waals surface area contributed by atoms with Gasteiger partial charge in [0.15, 0.2) is 0 Å². The molecule has 1 aromatic heterocycles. The van der Waals surface area contributed by atoms with E-state index < -0.39 is 0 Å². The van der Waals surface area contributed by atoms with Gasteiger partial charge in [0.2, 0.25) is 0 Å². The predicted molar refractivity (Wildman–Crippen MR) is 78.7 cm³/mol. The molecule has 5 heteroatoms. The van der Waals surface area contributed by atoms with Crippen LogP contribution in [0.15, 0.2) is 42.7 Å². The Labute approximate surface area is 122 Å². The molecule has 1 N–H and O–H groups in total. The number of aliphatic hydroxyl groups excluding tert-OH is 1. The molecule has 1 amide bonds. The van der Waals surface area contributed by atoms with Crippen molar-refractivity contribution in [1.29, 1.82) is 0 Å². The smallest absolute Gasteiger partial charge is 0.255 e. The molecule has 1 heterocycles. The summed E-state index contributed by atoms with van der Waals surface area (Å²) in [5.41, 5.74) is 2.29. The van der Waals surface area contributed by atoms with Crippen LogP contribution >= 0.6 is 11.6 Å². The van der Waals surface area contributed by atoms with Crippen LogP contribution in [0.2, 0.25) is 5.02 Å². The van der Waals surface area contributed by atoms with Crippen LogP contribution in [0.25, 0.3) is 11.1 Å². The molecular formula is C15H15ClN2O2. The van der Waals surface area contributed by atoms with Crippen molar-refractivity contribution in [3.05, 3.63) is 53.3 Å². The van der Waals surface area contributed by atoms with E-state index in [-0.39, 0.29) is 12.5 Å². The van der Waals surface area contributed by atoms with Gasteiger partial charge in [-0.1, -0.05) is 23.7 Å². The zero-order chi connectivity index (χ0) is 14.5. The predicted octanol–water partition coefficient (Wildman–Crippen LogP) is 2.47. The van der Waals surface area contributed by atoms with Gasteiger partial charge in [0.25, 0.3) is 5.91 Å². The first kappa shape index (κ1) is 14.5. The number of aliphatic hydroxyl groups is 1. The zero-order valence-electron chi connectivity index (χ0n) is 11.1. The Morgan fingerprint density at radius 1 is 1.25 bits per heavy atom. The normalized spacial score (nSPS) is 10.3. The Morgan fingerprint density at radius 2 is 1.95 bits per heavy atom. The van der Waals surface area contributed by atoms with E-state index in [0.29, 0.717) is 17.1 Å². The summed E-state index contributed by atoms with van der Waals surface area (Å²) in [5, 5.41) is 9.53. The lowest BCUT2D eigenvalue weighted by molar-refractivity contribution is 0.0766. The number of hydrogen-bond acceptors (Lipinski definition) is 3. The van der Waals surface area contributed by atoms with Gasteiger partial charge >= 0.3 is 0 Å². The van der Waals surface area contributed by atoms with Crippen LogP contribution < -0.4 is 0 Å². The molecule has 1 aromatic carbocycles. The number of pyridine rings is 1. The Bertz CT molecular complexity index is 599. The fraction of sp³-hybridized carbons (Fsp3) is 0.200. The lowest BCUT2D eigenvalue weighted by Gasteiger charge is -2.15. The van der Waals surface area contributed by atoms with E-state index in [1.807, 2.05) is 12.1 Å². The minimum Gasteiger partial charge on any atom is -0.395 e. The quantitative estimate of drug-likeness (QED) is 0.941. The summed E-state index contributed by atoms with van der Waals surface area (Å²) in [6.45, 7) is 0.233. The van der Waals surface area contributed by atoms with E-state index >= 15 is 0 Å². The summed E-state index contributed by atoms with van der Waals surface area (Å²) < 4.78 is 0. The molecule has 0 atom stereocenters. The number of likely N-dealkylation sites (N-methyl/N-ethyl adjacent to an activating group) is 1. The largest absolute Gasteiger partial charge is 0.395 e. The SMILES string of the molecule is CN(CCO)C(=O)c1cncc(-c2ccc(Cl)cc2)c1. The monoisotopic (exact) mass is 290 g/mol. The molecule has 0 radical (unpaired) electrons. The third-order valence-corrected chi connectivity index (χ3v) is 3.20. The van der Waals surface area contributed by atoms with Crippen LogP contribution in [0.3, 0.4) is 0 Å². The first-order chi connectivity index (χ1) is 9.61. The van der Waals surface area contributed by atoms with Crippen molar-refractivity contribution in [2.75, 3.05) is 20.2 Å². The van der Waals surface area contributed by atoms with Gasteiger partial charge in [-0.25, -0.2) is 0 Å².